The quantitative estimate of drug-likeness (QED) is 0.698. The Morgan fingerprint density at radius 1 is 1.00 bits per heavy atom. The summed E-state index contributed by atoms with van der Waals surface area (Å²) in [6.07, 6.45) is 4.36. The van der Waals surface area contributed by atoms with Crippen molar-refractivity contribution >= 4 is 23.2 Å². The van der Waals surface area contributed by atoms with Crippen LogP contribution in [0.1, 0.15) is 36.4 Å². The maximum atomic E-state index is 13.8. The first-order chi connectivity index (χ1) is 15.4. The molecule has 2 amide bonds. The number of hydrogen-bond donors (Lipinski definition) is 2. The topological polar surface area (TPSA) is 64.7 Å². The van der Waals surface area contributed by atoms with Crippen LogP contribution in [0.2, 0.25) is 0 Å². The lowest BCUT2D eigenvalue weighted by Crippen LogP contribution is -2.43. The zero-order chi connectivity index (χ0) is 22.7. The van der Waals surface area contributed by atoms with Gasteiger partial charge in [0.05, 0.1) is 11.7 Å². The van der Waals surface area contributed by atoms with Crippen LogP contribution >= 0.6 is 0 Å². The molecular weight excluding hydrogens is 414 g/mol. The summed E-state index contributed by atoms with van der Waals surface area (Å²) in [5.74, 6) is -3.41. The van der Waals surface area contributed by atoms with Crippen LogP contribution < -0.4 is 15.5 Å². The van der Waals surface area contributed by atoms with Gasteiger partial charge >= 0.3 is 11.8 Å². The summed E-state index contributed by atoms with van der Waals surface area (Å²) in [5.41, 5.74) is 3.27. The second-order valence-corrected chi connectivity index (χ2v) is 8.46. The van der Waals surface area contributed by atoms with Crippen molar-refractivity contribution < 1.29 is 18.4 Å². The zero-order valence-corrected chi connectivity index (χ0v) is 18.2. The van der Waals surface area contributed by atoms with E-state index in [2.05, 4.69) is 45.7 Å². The van der Waals surface area contributed by atoms with Gasteiger partial charge in [-0.1, -0.05) is 18.6 Å². The molecule has 8 heteroatoms. The number of amides is 2. The van der Waals surface area contributed by atoms with Crippen LogP contribution in [0.15, 0.2) is 36.4 Å². The predicted molar refractivity (Wildman–Crippen MR) is 120 cm³/mol. The molecule has 4 rings (SSSR count). The lowest BCUT2D eigenvalue weighted by Gasteiger charge is -2.35. The van der Waals surface area contributed by atoms with Crippen molar-refractivity contribution in [2.75, 3.05) is 43.4 Å². The minimum Gasteiger partial charge on any atom is -0.374 e. The van der Waals surface area contributed by atoms with Crippen LogP contribution in [0.25, 0.3) is 0 Å². The van der Waals surface area contributed by atoms with E-state index in [-0.39, 0.29) is 18.3 Å². The summed E-state index contributed by atoms with van der Waals surface area (Å²) in [5, 5.41) is 4.84. The first-order valence-electron chi connectivity index (χ1n) is 11.0. The Morgan fingerprint density at radius 3 is 2.56 bits per heavy atom. The number of rotatable bonds is 5. The molecule has 1 atom stereocenters. The zero-order valence-electron chi connectivity index (χ0n) is 18.2. The highest BCUT2D eigenvalue weighted by Crippen LogP contribution is 2.32. The number of likely N-dealkylation sites (N-methyl/N-ethyl adjacent to an activating group) is 1. The van der Waals surface area contributed by atoms with E-state index in [4.69, 9.17) is 0 Å². The molecule has 2 heterocycles. The summed E-state index contributed by atoms with van der Waals surface area (Å²) >= 11 is 0. The molecule has 2 aromatic rings. The second-order valence-electron chi connectivity index (χ2n) is 8.46. The maximum Gasteiger partial charge on any atom is 0.313 e. The SMILES string of the molecule is CN1CCc2cc([C@H](CNC(=O)C(=O)Nc3cc(F)ccc3F)N3CCCCC3)ccc21. The van der Waals surface area contributed by atoms with Gasteiger partial charge in [0.2, 0.25) is 0 Å². The van der Waals surface area contributed by atoms with Gasteiger partial charge in [-0.25, -0.2) is 8.78 Å². The van der Waals surface area contributed by atoms with Crippen molar-refractivity contribution in [1.29, 1.82) is 0 Å². The van der Waals surface area contributed by atoms with Gasteiger partial charge in [-0.3, -0.25) is 14.5 Å². The molecule has 1 saturated heterocycles. The minimum absolute atomic E-state index is 0.0610. The van der Waals surface area contributed by atoms with E-state index >= 15 is 0 Å². The first kappa shape index (κ1) is 22.2. The van der Waals surface area contributed by atoms with Gasteiger partial charge in [0.1, 0.15) is 11.6 Å². The van der Waals surface area contributed by atoms with Crippen LogP contribution in [-0.4, -0.2) is 49.9 Å². The van der Waals surface area contributed by atoms with Gasteiger partial charge in [0.15, 0.2) is 0 Å². The fraction of sp³-hybridized carbons (Fsp3) is 0.417. The van der Waals surface area contributed by atoms with Gasteiger partial charge in [-0.2, -0.15) is 0 Å². The fourth-order valence-corrected chi connectivity index (χ4v) is 4.52. The van der Waals surface area contributed by atoms with Crippen LogP contribution in [0.5, 0.6) is 0 Å². The van der Waals surface area contributed by atoms with Crippen molar-refractivity contribution in [3.63, 3.8) is 0 Å². The van der Waals surface area contributed by atoms with Crippen molar-refractivity contribution in [2.45, 2.75) is 31.7 Å². The van der Waals surface area contributed by atoms with Gasteiger partial charge in [-0.15, -0.1) is 0 Å². The number of piperidine rings is 1. The summed E-state index contributed by atoms with van der Waals surface area (Å²) in [6, 6.07) is 9.05. The molecule has 2 aliphatic rings. The molecule has 0 aromatic heterocycles. The number of benzene rings is 2. The molecule has 2 aromatic carbocycles. The van der Waals surface area contributed by atoms with Gasteiger partial charge < -0.3 is 15.5 Å². The summed E-state index contributed by atoms with van der Waals surface area (Å²) in [6.45, 7) is 3.10. The highest BCUT2D eigenvalue weighted by molar-refractivity contribution is 6.39. The monoisotopic (exact) mass is 442 g/mol. The van der Waals surface area contributed by atoms with Crippen molar-refractivity contribution in [3.8, 4) is 0 Å². The number of likely N-dealkylation sites (tertiary alicyclic amines) is 1. The van der Waals surface area contributed by atoms with E-state index < -0.39 is 23.4 Å². The Balaban J connectivity index is 1.46. The molecule has 32 heavy (non-hydrogen) atoms. The molecule has 1 fully saturated rings. The predicted octanol–water partition coefficient (Wildman–Crippen LogP) is 3.24. The molecule has 2 aliphatic heterocycles. The standard InChI is InChI=1S/C24H28F2N4O2/c1-29-12-9-17-13-16(5-8-21(17)29)22(30-10-3-2-4-11-30)15-27-23(31)24(32)28-20-14-18(25)6-7-19(20)26/h5-8,13-14,22H,2-4,9-12,15H2,1H3,(H,27,31)(H,28,32)/t22-/m0/s1. The first-order valence-corrected chi connectivity index (χ1v) is 11.0. The van der Waals surface area contributed by atoms with Gasteiger partial charge in [-0.05, 0) is 61.7 Å². The molecular formula is C24H28F2N4O2. The molecule has 170 valence electrons. The number of fused-ring (bicyclic) bond motifs is 1. The van der Waals surface area contributed by atoms with Crippen molar-refractivity contribution in [1.82, 2.24) is 10.2 Å². The maximum absolute atomic E-state index is 13.8. The van der Waals surface area contributed by atoms with Gasteiger partial charge in [0, 0.05) is 31.9 Å². The number of nitrogens with one attached hydrogen (secondary N) is 2. The Hall–Kier alpha value is -3.00. The third kappa shape index (κ3) is 4.91. The molecule has 6 nitrogen and oxygen atoms in total. The van der Waals surface area contributed by atoms with Crippen molar-refractivity contribution in [3.05, 3.63) is 59.2 Å². The van der Waals surface area contributed by atoms with E-state index in [0.717, 1.165) is 62.7 Å². The van der Waals surface area contributed by atoms with E-state index in [1.807, 2.05) is 0 Å². The summed E-state index contributed by atoms with van der Waals surface area (Å²) in [7, 11) is 2.08. The summed E-state index contributed by atoms with van der Waals surface area (Å²) < 4.78 is 27.1. The van der Waals surface area contributed by atoms with E-state index in [9.17, 15) is 18.4 Å². The Morgan fingerprint density at radius 2 is 1.78 bits per heavy atom. The molecule has 0 saturated carbocycles. The normalized spacial score (nSPS) is 17.0. The number of carbonyl (C=O) groups excluding carboxylic acids is 2. The molecule has 0 spiro atoms. The van der Waals surface area contributed by atoms with Gasteiger partial charge in [0.25, 0.3) is 0 Å². The number of anilines is 2. The smallest absolute Gasteiger partial charge is 0.313 e. The van der Waals surface area contributed by atoms with Crippen LogP contribution in [-0.2, 0) is 16.0 Å². The Kier molecular flexibility index (Phi) is 6.69. The Bertz CT molecular complexity index is 1010. The molecule has 0 aliphatic carbocycles. The molecule has 2 N–H and O–H groups in total. The largest absolute Gasteiger partial charge is 0.374 e. The molecule has 0 unspecified atom stereocenters. The third-order valence-corrected chi connectivity index (χ3v) is 6.29. The number of halogens is 2. The highest BCUT2D eigenvalue weighted by atomic mass is 19.1. The van der Waals surface area contributed by atoms with E-state index in [1.54, 1.807) is 0 Å². The average Bonchev–Trinajstić information content (AvgIpc) is 3.17. The minimum atomic E-state index is -1.03. The van der Waals surface area contributed by atoms with Crippen molar-refractivity contribution in [2.24, 2.45) is 0 Å². The average molecular weight is 443 g/mol. The third-order valence-electron chi connectivity index (χ3n) is 6.29. The highest BCUT2D eigenvalue weighted by Gasteiger charge is 2.26. The number of hydrogen-bond acceptors (Lipinski definition) is 4. The fourth-order valence-electron chi connectivity index (χ4n) is 4.52. The van der Waals surface area contributed by atoms with Crippen LogP contribution in [0.4, 0.5) is 20.2 Å². The van der Waals surface area contributed by atoms with E-state index in [1.165, 1.54) is 17.7 Å². The number of carbonyl (C=O) groups is 2. The lowest BCUT2D eigenvalue weighted by molar-refractivity contribution is -0.136. The molecule has 0 bridgehead atoms. The second kappa shape index (κ2) is 9.65. The van der Waals surface area contributed by atoms with Crippen LogP contribution in [0, 0.1) is 11.6 Å². The molecule has 0 radical (unpaired) electrons. The number of nitrogens with zero attached hydrogens (tertiary/aromatic N) is 2. The Labute approximate surface area is 186 Å². The van der Waals surface area contributed by atoms with Crippen LogP contribution in [0.3, 0.4) is 0 Å². The summed E-state index contributed by atoms with van der Waals surface area (Å²) in [4.78, 5) is 29.3. The van der Waals surface area contributed by atoms with E-state index in [0.29, 0.717) is 0 Å². The lowest BCUT2D eigenvalue weighted by atomic mass is 9.98.